The van der Waals surface area contributed by atoms with E-state index in [0.717, 1.165) is 6.07 Å². The minimum Gasteiger partial charge on any atom is -0.482 e. The lowest BCUT2D eigenvalue weighted by atomic mass is 9.85. The number of hydrogen-bond donors (Lipinski definition) is 1. The van der Waals surface area contributed by atoms with Gasteiger partial charge in [-0.2, -0.15) is 26.3 Å². The highest BCUT2D eigenvalue weighted by Gasteiger charge is 2.42. The average Bonchev–Trinajstić information content (AvgIpc) is 2.63. The van der Waals surface area contributed by atoms with E-state index in [4.69, 9.17) is 16.3 Å². The van der Waals surface area contributed by atoms with Gasteiger partial charge >= 0.3 is 18.3 Å². The first-order valence-corrected chi connectivity index (χ1v) is 9.51. The summed E-state index contributed by atoms with van der Waals surface area (Å²) in [5, 5.41) is 8.50. The van der Waals surface area contributed by atoms with Crippen LogP contribution in [0.1, 0.15) is 37.3 Å². The molecule has 0 aliphatic heterocycles. The fourth-order valence-electron chi connectivity index (χ4n) is 3.17. The van der Waals surface area contributed by atoms with E-state index in [1.165, 1.54) is 24.3 Å². The van der Waals surface area contributed by atoms with Gasteiger partial charge in [0.15, 0.2) is 6.61 Å². The summed E-state index contributed by atoms with van der Waals surface area (Å²) in [5.41, 5.74) is -2.07. The second kappa shape index (κ2) is 9.38. The Morgan fingerprint density at radius 1 is 1.10 bits per heavy atom. The van der Waals surface area contributed by atoms with Crippen molar-refractivity contribution in [2.45, 2.75) is 38.5 Å². The minimum absolute atomic E-state index is 0.133. The molecular weight excluding hydrogens is 450 g/mol. The highest BCUT2D eigenvalue weighted by Crippen LogP contribution is 2.49. The van der Waals surface area contributed by atoms with Crippen LogP contribution in [-0.4, -0.2) is 23.9 Å². The molecule has 0 aliphatic rings. The number of halogens is 7. The van der Waals surface area contributed by atoms with Gasteiger partial charge in [0.2, 0.25) is 0 Å². The van der Waals surface area contributed by atoms with E-state index < -0.39 is 52.7 Å². The van der Waals surface area contributed by atoms with E-state index in [9.17, 15) is 36.2 Å². The predicted molar refractivity (Wildman–Crippen MR) is 103 cm³/mol. The fourth-order valence-corrected chi connectivity index (χ4v) is 3.55. The first kappa shape index (κ1) is 24.8. The molecule has 0 fully saturated rings. The van der Waals surface area contributed by atoms with E-state index in [1.54, 1.807) is 19.9 Å². The summed E-state index contributed by atoms with van der Waals surface area (Å²) in [7, 11) is 0. The Morgan fingerprint density at radius 3 is 2.13 bits per heavy atom. The molecule has 170 valence electrons. The van der Waals surface area contributed by atoms with Crippen molar-refractivity contribution in [3.05, 3.63) is 52.5 Å². The summed E-state index contributed by atoms with van der Waals surface area (Å²) < 4.78 is 84.6. The van der Waals surface area contributed by atoms with E-state index >= 15 is 0 Å². The van der Waals surface area contributed by atoms with E-state index in [2.05, 4.69) is 0 Å². The van der Waals surface area contributed by atoms with Crippen LogP contribution in [0.15, 0.2) is 36.4 Å². The van der Waals surface area contributed by atoms with Gasteiger partial charge in [-0.25, -0.2) is 0 Å². The Balaban J connectivity index is 2.87. The van der Waals surface area contributed by atoms with Gasteiger partial charge in [0.05, 0.1) is 16.5 Å². The van der Waals surface area contributed by atoms with Crippen molar-refractivity contribution in [2.24, 2.45) is 5.92 Å². The first-order chi connectivity index (χ1) is 14.2. The largest absolute Gasteiger partial charge is 0.482 e. The van der Waals surface area contributed by atoms with E-state index in [1.807, 2.05) is 0 Å². The number of carboxylic acid groups (broad SMARTS) is 1. The number of ether oxygens (including phenoxy) is 1. The Morgan fingerprint density at radius 2 is 1.68 bits per heavy atom. The second-order valence-electron chi connectivity index (χ2n) is 7.32. The van der Waals surface area contributed by atoms with Gasteiger partial charge in [0.25, 0.3) is 0 Å². The molecule has 3 nitrogen and oxygen atoms in total. The minimum atomic E-state index is -5.12. The molecular formula is C21H19ClF6O3. The van der Waals surface area contributed by atoms with Gasteiger partial charge in [0.1, 0.15) is 5.75 Å². The summed E-state index contributed by atoms with van der Waals surface area (Å²) in [6.07, 6.45) is -10.1. The first-order valence-electron chi connectivity index (χ1n) is 9.13. The smallest absolute Gasteiger partial charge is 0.422 e. The molecule has 0 aliphatic carbocycles. The van der Waals surface area contributed by atoms with E-state index in [-0.39, 0.29) is 23.5 Å². The van der Waals surface area contributed by atoms with Gasteiger partial charge in [-0.15, -0.1) is 0 Å². The van der Waals surface area contributed by atoms with Crippen molar-refractivity contribution in [3.8, 4) is 16.9 Å². The quantitative estimate of drug-likeness (QED) is 0.438. The Bertz CT molecular complexity index is 923. The molecule has 0 saturated carbocycles. The molecule has 1 N–H and O–H groups in total. The van der Waals surface area contributed by atoms with Crippen LogP contribution in [0.4, 0.5) is 26.3 Å². The molecule has 0 amide bonds. The zero-order valence-corrected chi connectivity index (χ0v) is 17.2. The summed E-state index contributed by atoms with van der Waals surface area (Å²) in [4.78, 5) is 11.8. The summed E-state index contributed by atoms with van der Waals surface area (Å²) in [6.45, 7) is 1.42. The van der Waals surface area contributed by atoms with Crippen molar-refractivity contribution in [1.82, 2.24) is 0 Å². The summed E-state index contributed by atoms with van der Waals surface area (Å²) >= 11 is 5.96. The lowest BCUT2D eigenvalue weighted by Gasteiger charge is -2.25. The third-order valence-electron chi connectivity index (χ3n) is 4.38. The Hall–Kier alpha value is -2.42. The van der Waals surface area contributed by atoms with Crippen molar-refractivity contribution in [1.29, 1.82) is 0 Å². The maximum Gasteiger partial charge on any atom is 0.422 e. The second-order valence-corrected chi connectivity index (χ2v) is 7.70. The van der Waals surface area contributed by atoms with Crippen LogP contribution >= 0.6 is 11.6 Å². The van der Waals surface area contributed by atoms with Crippen LogP contribution in [0, 0.1) is 5.92 Å². The van der Waals surface area contributed by atoms with Gasteiger partial charge in [-0.1, -0.05) is 55.8 Å². The third-order valence-corrected chi connectivity index (χ3v) is 4.74. The van der Waals surface area contributed by atoms with Crippen LogP contribution < -0.4 is 4.74 Å². The van der Waals surface area contributed by atoms with Crippen molar-refractivity contribution < 1.29 is 41.0 Å². The van der Waals surface area contributed by atoms with Crippen LogP contribution in [0.3, 0.4) is 0 Å². The van der Waals surface area contributed by atoms with Gasteiger partial charge in [-0.3, -0.25) is 4.79 Å². The third kappa shape index (κ3) is 6.29. The Kier molecular flexibility index (Phi) is 7.52. The molecule has 0 heterocycles. The maximum absolute atomic E-state index is 13.9. The van der Waals surface area contributed by atoms with E-state index in [0.29, 0.717) is 0 Å². The van der Waals surface area contributed by atoms with Crippen LogP contribution in [-0.2, 0) is 11.0 Å². The zero-order valence-electron chi connectivity index (χ0n) is 16.4. The monoisotopic (exact) mass is 468 g/mol. The molecule has 0 radical (unpaired) electrons. The molecule has 1 unspecified atom stereocenters. The summed E-state index contributed by atoms with van der Waals surface area (Å²) in [6, 6.07) is 8.46. The zero-order chi connectivity index (χ0) is 23.6. The molecule has 2 rings (SSSR count). The fraction of sp³-hybridized carbons (Fsp3) is 0.381. The van der Waals surface area contributed by atoms with Crippen LogP contribution in [0.5, 0.6) is 5.75 Å². The molecule has 2 aromatic carbocycles. The number of carboxylic acids is 1. The number of benzene rings is 2. The van der Waals surface area contributed by atoms with Crippen LogP contribution in [0.25, 0.3) is 11.1 Å². The maximum atomic E-state index is 13.9. The molecule has 0 aromatic heterocycles. The highest BCUT2D eigenvalue weighted by molar-refractivity contribution is 6.33. The number of aliphatic carboxylic acids is 1. The standard InChI is InChI=1S/C21H19ClF6O3/c1-11(2)8-15(19(29)30)14-9-13(12-6-4-3-5-7-12)18(31-10-20(23,24)25)17(22)16(14)21(26,27)28/h3-7,9,11,15H,8,10H2,1-2H3,(H,29,30). The van der Waals surface area contributed by atoms with Crippen molar-refractivity contribution in [3.63, 3.8) is 0 Å². The molecule has 10 heteroatoms. The molecule has 0 spiro atoms. The van der Waals surface area contributed by atoms with Crippen molar-refractivity contribution in [2.75, 3.05) is 6.61 Å². The number of alkyl halides is 6. The van der Waals surface area contributed by atoms with Crippen molar-refractivity contribution >= 4 is 17.6 Å². The number of rotatable bonds is 7. The van der Waals surface area contributed by atoms with Gasteiger partial charge < -0.3 is 9.84 Å². The molecule has 0 saturated heterocycles. The lowest BCUT2D eigenvalue weighted by molar-refractivity contribution is -0.153. The highest BCUT2D eigenvalue weighted by atomic mass is 35.5. The normalized spacial score (nSPS) is 13.4. The Labute approximate surface area is 179 Å². The molecule has 2 aromatic rings. The summed E-state index contributed by atoms with van der Waals surface area (Å²) in [5.74, 6) is -4.16. The number of hydrogen-bond acceptors (Lipinski definition) is 2. The number of carbonyl (C=O) groups is 1. The predicted octanol–water partition coefficient (Wildman–Crippen LogP) is 7.18. The van der Waals surface area contributed by atoms with Gasteiger partial charge in [-0.05, 0) is 29.5 Å². The molecule has 1 atom stereocenters. The van der Waals surface area contributed by atoms with Gasteiger partial charge in [0, 0.05) is 5.56 Å². The topological polar surface area (TPSA) is 46.5 Å². The average molecular weight is 469 g/mol. The molecule has 0 bridgehead atoms. The lowest BCUT2D eigenvalue weighted by Crippen LogP contribution is -2.22. The molecule has 31 heavy (non-hydrogen) atoms. The van der Waals surface area contributed by atoms with Crippen LogP contribution in [0.2, 0.25) is 5.02 Å². The SMILES string of the molecule is CC(C)CC(C(=O)O)c1cc(-c2ccccc2)c(OCC(F)(F)F)c(Cl)c1C(F)(F)F.